The van der Waals surface area contributed by atoms with Gasteiger partial charge in [0.1, 0.15) is 16.8 Å². The Bertz CT molecular complexity index is 1920. The number of nitrogens with zero attached hydrogens (tertiary/aromatic N) is 8. The maximum absolute atomic E-state index is 11.3. The average molecular weight is 817 g/mol. The summed E-state index contributed by atoms with van der Waals surface area (Å²) in [6, 6.07) is 14.4. The van der Waals surface area contributed by atoms with Crippen molar-refractivity contribution in [1.82, 2.24) is 29.7 Å². The predicted octanol–water partition coefficient (Wildman–Crippen LogP) is 4.57. The molecular formula is C42H58BClN8O6. The van der Waals surface area contributed by atoms with Gasteiger partial charge < -0.3 is 39.1 Å². The van der Waals surface area contributed by atoms with Crippen LogP contribution in [0.1, 0.15) is 38.8 Å². The van der Waals surface area contributed by atoms with Gasteiger partial charge in [-0.3, -0.25) is 9.97 Å². The molecule has 0 amide bonds. The maximum atomic E-state index is 11.3. The van der Waals surface area contributed by atoms with Crippen LogP contribution in [-0.4, -0.2) is 140 Å². The van der Waals surface area contributed by atoms with E-state index < -0.39 is 13.1 Å². The zero-order valence-corrected chi connectivity index (χ0v) is 33.1. The van der Waals surface area contributed by atoms with Crippen molar-refractivity contribution in [2.75, 3.05) is 90.5 Å². The summed E-state index contributed by atoms with van der Waals surface area (Å²) in [6.45, 7) is 8.31. The molecule has 0 saturated carbocycles. The lowest BCUT2D eigenvalue weighted by molar-refractivity contribution is -0.135. The number of carbonyl (C=O) groups is 2. The first kappa shape index (κ1) is 49.0. The molecule has 58 heavy (non-hydrogen) atoms. The van der Waals surface area contributed by atoms with Crippen molar-refractivity contribution in [3.63, 3.8) is 0 Å². The summed E-state index contributed by atoms with van der Waals surface area (Å²) in [5.74, 6) is 0.972. The molecular weight excluding hydrogens is 759 g/mol. The summed E-state index contributed by atoms with van der Waals surface area (Å²) in [5, 5.41) is 18.3. The van der Waals surface area contributed by atoms with Crippen LogP contribution in [0.3, 0.4) is 0 Å². The Balaban J connectivity index is 0.000000314. The van der Waals surface area contributed by atoms with Gasteiger partial charge in [-0.2, -0.15) is 0 Å². The fourth-order valence-corrected chi connectivity index (χ4v) is 5.92. The molecule has 6 rings (SSSR count). The van der Waals surface area contributed by atoms with Crippen molar-refractivity contribution in [2.24, 2.45) is 0 Å². The fraction of sp³-hybridized carbons (Fsp3) is 0.381. The molecule has 14 nitrogen and oxygen atoms in total. The first-order valence-electron chi connectivity index (χ1n) is 18.3. The van der Waals surface area contributed by atoms with Crippen molar-refractivity contribution in [1.29, 1.82) is 0 Å². The molecule has 2 aliphatic heterocycles. The minimum atomic E-state index is -1.50. The predicted molar refractivity (Wildman–Crippen MR) is 235 cm³/mol. The van der Waals surface area contributed by atoms with Crippen LogP contribution in [0, 0.1) is 0 Å². The van der Waals surface area contributed by atoms with E-state index in [1.807, 2.05) is 30.5 Å². The number of likely N-dealkylation sites (N-methyl/N-ethyl adjacent to an activating group) is 2. The van der Waals surface area contributed by atoms with Gasteiger partial charge in [0.2, 0.25) is 0 Å². The van der Waals surface area contributed by atoms with Crippen molar-refractivity contribution in [3.05, 3.63) is 102 Å². The Morgan fingerprint density at radius 2 is 1.21 bits per heavy atom. The zero-order valence-electron chi connectivity index (χ0n) is 32.4. The van der Waals surface area contributed by atoms with Crippen LogP contribution < -0.4 is 15.3 Å². The van der Waals surface area contributed by atoms with Gasteiger partial charge in [0.15, 0.2) is 0 Å². The monoisotopic (exact) mass is 816 g/mol. The second kappa shape index (κ2) is 25.9. The number of esters is 2. The Labute approximate surface area is 349 Å². The summed E-state index contributed by atoms with van der Waals surface area (Å²) >= 11 is 5.82. The third-order valence-corrected chi connectivity index (χ3v) is 9.10. The molecule has 2 fully saturated rings. The standard InChI is InChI=1S/C20H24N4O2.C10H11BO4.C10H15ClN4.2CH4/c1-23-9-4-10-24(12-11-23)19-15-21-14-18(22-19)17-6-3-5-16(13-17)7-8-20(25)26-2;1-15-10(12)6-5-8-3-2-4-9(7-8)11(13)14;1-14-3-2-4-15(6-5-14)10-8-12-7-9(11)13-10;;/h3,5-8,13-15H,4,9-12H2,1-2H3;2-7,13-14H,1H3;7-8H,2-6H2,1H3;2*1H4/b8-7+;6-5+;;;. The molecule has 4 heterocycles. The van der Waals surface area contributed by atoms with Crippen LogP contribution in [0.5, 0.6) is 0 Å². The molecule has 0 spiro atoms. The number of benzene rings is 2. The maximum Gasteiger partial charge on any atom is 0.488 e. The van der Waals surface area contributed by atoms with E-state index in [1.54, 1.807) is 48.9 Å². The number of hydrogen-bond acceptors (Lipinski definition) is 14. The number of rotatable bonds is 8. The van der Waals surface area contributed by atoms with Gasteiger partial charge in [-0.25, -0.2) is 19.6 Å². The summed E-state index contributed by atoms with van der Waals surface area (Å²) in [7, 11) is 5.45. The van der Waals surface area contributed by atoms with E-state index in [-0.39, 0.29) is 20.8 Å². The fourth-order valence-electron chi connectivity index (χ4n) is 5.77. The van der Waals surface area contributed by atoms with Crippen LogP contribution in [0.25, 0.3) is 23.4 Å². The highest BCUT2D eigenvalue weighted by atomic mass is 35.5. The summed E-state index contributed by atoms with van der Waals surface area (Å²) in [4.78, 5) is 48.8. The number of aromatic nitrogens is 4. The molecule has 0 unspecified atom stereocenters. The van der Waals surface area contributed by atoms with Crippen LogP contribution in [-0.2, 0) is 19.1 Å². The molecule has 2 aliphatic rings. The normalized spacial score (nSPS) is 14.7. The lowest BCUT2D eigenvalue weighted by Crippen LogP contribution is -2.29. The molecule has 2 aromatic heterocycles. The van der Waals surface area contributed by atoms with Crippen molar-refractivity contribution in [3.8, 4) is 11.3 Å². The van der Waals surface area contributed by atoms with Crippen LogP contribution >= 0.6 is 11.6 Å². The molecule has 2 N–H and O–H groups in total. The number of ether oxygens (including phenoxy) is 2. The summed E-state index contributed by atoms with van der Waals surface area (Å²) in [5.41, 5.74) is 3.79. The van der Waals surface area contributed by atoms with E-state index in [1.165, 1.54) is 32.4 Å². The van der Waals surface area contributed by atoms with Crippen LogP contribution in [0.15, 0.2) is 85.5 Å². The van der Waals surface area contributed by atoms with E-state index in [4.69, 9.17) is 26.6 Å². The lowest BCUT2D eigenvalue weighted by Gasteiger charge is -2.21. The van der Waals surface area contributed by atoms with E-state index in [9.17, 15) is 9.59 Å². The molecule has 0 aliphatic carbocycles. The van der Waals surface area contributed by atoms with Gasteiger partial charge in [0.25, 0.3) is 0 Å². The number of hydrogen-bond donors (Lipinski definition) is 2. The van der Waals surface area contributed by atoms with E-state index in [0.717, 1.165) is 93.7 Å². The molecule has 4 aromatic rings. The Kier molecular flexibility index (Phi) is 21.9. The quantitative estimate of drug-likeness (QED) is 0.145. The molecule has 16 heteroatoms. The summed E-state index contributed by atoms with van der Waals surface area (Å²) in [6.07, 6.45) is 15.2. The first-order valence-corrected chi connectivity index (χ1v) is 18.7. The molecule has 0 bridgehead atoms. The van der Waals surface area contributed by atoms with E-state index >= 15 is 0 Å². The molecule has 0 radical (unpaired) electrons. The number of halogens is 1. The first-order chi connectivity index (χ1) is 27.0. The van der Waals surface area contributed by atoms with Crippen molar-refractivity contribution in [2.45, 2.75) is 27.7 Å². The topological polar surface area (TPSA) is 158 Å². The van der Waals surface area contributed by atoms with Gasteiger partial charge in [-0.15, -0.1) is 0 Å². The summed E-state index contributed by atoms with van der Waals surface area (Å²) < 4.78 is 9.06. The molecule has 2 saturated heterocycles. The van der Waals surface area contributed by atoms with Gasteiger partial charge in [-0.1, -0.05) is 68.9 Å². The third kappa shape index (κ3) is 16.7. The minimum absolute atomic E-state index is 0. The van der Waals surface area contributed by atoms with Gasteiger partial charge in [0.05, 0.1) is 44.7 Å². The molecule has 2 aromatic carbocycles. The highest BCUT2D eigenvalue weighted by Crippen LogP contribution is 2.22. The zero-order chi connectivity index (χ0) is 40.3. The molecule has 0 atom stereocenters. The average Bonchev–Trinajstić information content (AvgIpc) is 3.59. The van der Waals surface area contributed by atoms with Gasteiger partial charge >= 0.3 is 19.1 Å². The van der Waals surface area contributed by atoms with Crippen LogP contribution in [0.2, 0.25) is 5.15 Å². The minimum Gasteiger partial charge on any atom is -0.466 e. The van der Waals surface area contributed by atoms with Crippen LogP contribution in [0.4, 0.5) is 11.6 Å². The van der Waals surface area contributed by atoms with E-state index in [0.29, 0.717) is 16.2 Å². The number of methoxy groups -OCH3 is 2. The molecule has 312 valence electrons. The Hall–Kier alpha value is -5.19. The van der Waals surface area contributed by atoms with Gasteiger partial charge in [-0.05, 0) is 74.8 Å². The number of carbonyl (C=O) groups excluding carboxylic acids is 2. The van der Waals surface area contributed by atoms with Crippen molar-refractivity contribution >= 4 is 59.9 Å². The highest BCUT2D eigenvalue weighted by Gasteiger charge is 2.16. The smallest absolute Gasteiger partial charge is 0.466 e. The Morgan fingerprint density at radius 3 is 1.74 bits per heavy atom. The van der Waals surface area contributed by atoms with Gasteiger partial charge in [0, 0.05) is 57.0 Å². The van der Waals surface area contributed by atoms with Crippen molar-refractivity contribution < 1.29 is 29.1 Å². The number of anilines is 2. The largest absolute Gasteiger partial charge is 0.488 e. The lowest BCUT2D eigenvalue weighted by atomic mass is 9.79. The van der Waals surface area contributed by atoms with E-state index in [2.05, 4.69) is 58.1 Å². The third-order valence-electron chi connectivity index (χ3n) is 8.92. The highest BCUT2D eigenvalue weighted by molar-refractivity contribution is 6.58. The second-order valence-corrected chi connectivity index (χ2v) is 13.5. The second-order valence-electron chi connectivity index (χ2n) is 13.1. The Morgan fingerprint density at radius 1 is 0.690 bits per heavy atom. The SMILES string of the molecule is C.C.CN1CCCN(c2cncc(Cl)n2)CC1.COC(=O)/C=C/c1cccc(-c2cncc(N3CCCN(C)CC3)n2)c1.COC(=O)/C=C/c1cccc(B(O)O)c1.